The van der Waals surface area contributed by atoms with Crippen molar-refractivity contribution in [3.8, 4) is 0 Å². The van der Waals surface area contributed by atoms with Gasteiger partial charge in [0, 0.05) is 6.54 Å². The summed E-state index contributed by atoms with van der Waals surface area (Å²) in [5.41, 5.74) is 2.62. The van der Waals surface area contributed by atoms with Crippen LogP contribution in [0.5, 0.6) is 0 Å². The minimum atomic E-state index is -0.275. The van der Waals surface area contributed by atoms with Crippen molar-refractivity contribution in [2.75, 3.05) is 17.2 Å². The van der Waals surface area contributed by atoms with E-state index in [0.717, 1.165) is 18.7 Å². The Labute approximate surface area is 151 Å². The molecule has 3 rings (SSSR count). The van der Waals surface area contributed by atoms with Crippen molar-refractivity contribution in [1.82, 2.24) is 4.98 Å². The lowest BCUT2D eigenvalue weighted by Crippen LogP contribution is -2.13. The zero-order valence-electron chi connectivity index (χ0n) is 13.6. The van der Waals surface area contributed by atoms with Gasteiger partial charge in [0.2, 0.25) is 0 Å². The van der Waals surface area contributed by atoms with Gasteiger partial charge in [-0.3, -0.25) is 4.79 Å². The van der Waals surface area contributed by atoms with Gasteiger partial charge < -0.3 is 10.6 Å². The van der Waals surface area contributed by atoms with E-state index in [9.17, 15) is 4.79 Å². The van der Waals surface area contributed by atoms with Crippen LogP contribution in [-0.4, -0.2) is 17.4 Å². The Balaban J connectivity index is 1.53. The quantitative estimate of drug-likeness (QED) is 0.680. The summed E-state index contributed by atoms with van der Waals surface area (Å²) >= 11 is 6.03. The molecule has 0 spiro atoms. The van der Waals surface area contributed by atoms with Gasteiger partial charge in [-0.15, -0.1) is 0 Å². The summed E-state index contributed by atoms with van der Waals surface area (Å²) in [4.78, 5) is 16.5. The highest BCUT2D eigenvalue weighted by molar-refractivity contribution is 6.34. The predicted molar refractivity (Wildman–Crippen MR) is 102 cm³/mol. The Morgan fingerprint density at radius 2 is 1.72 bits per heavy atom. The fraction of sp³-hybridized carbons (Fsp3) is 0.100. The van der Waals surface area contributed by atoms with Crippen LogP contribution in [0.1, 0.15) is 15.9 Å². The van der Waals surface area contributed by atoms with Gasteiger partial charge in [0.05, 0.1) is 22.5 Å². The fourth-order valence-electron chi connectivity index (χ4n) is 2.40. The Morgan fingerprint density at radius 1 is 0.960 bits per heavy atom. The number of anilines is 2. The number of carbonyl (C=O) groups is 1. The lowest BCUT2D eigenvalue weighted by molar-refractivity contribution is 0.102. The van der Waals surface area contributed by atoms with Crippen molar-refractivity contribution < 1.29 is 4.79 Å². The number of aromatic nitrogens is 1. The first-order chi connectivity index (χ1) is 12.2. The van der Waals surface area contributed by atoms with Crippen molar-refractivity contribution in [3.05, 3.63) is 89.1 Å². The third-order valence-electron chi connectivity index (χ3n) is 3.71. The molecule has 0 saturated heterocycles. The Kier molecular flexibility index (Phi) is 5.65. The van der Waals surface area contributed by atoms with Crippen LogP contribution in [0.2, 0.25) is 5.02 Å². The van der Waals surface area contributed by atoms with Crippen molar-refractivity contribution in [2.45, 2.75) is 6.42 Å². The molecule has 3 aromatic rings. The number of pyridine rings is 1. The van der Waals surface area contributed by atoms with Gasteiger partial charge in [0.1, 0.15) is 5.82 Å². The number of benzene rings is 2. The van der Waals surface area contributed by atoms with Crippen LogP contribution in [-0.2, 0) is 6.42 Å². The number of amides is 1. The molecule has 126 valence electrons. The number of rotatable bonds is 6. The van der Waals surface area contributed by atoms with Crippen LogP contribution >= 0.6 is 11.6 Å². The van der Waals surface area contributed by atoms with Crippen molar-refractivity contribution in [1.29, 1.82) is 0 Å². The topological polar surface area (TPSA) is 54.0 Å². The molecule has 1 aromatic heterocycles. The minimum Gasteiger partial charge on any atom is -0.383 e. The number of carbonyl (C=O) groups excluding carboxylic acids is 1. The molecule has 2 aromatic carbocycles. The lowest BCUT2D eigenvalue weighted by atomic mass is 10.1. The van der Waals surface area contributed by atoms with Crippen molar-refractivity contribution in [2.24, 2.45) is 0 Å². The third-order valence-corrected chi connectivity index (χ3v) is 4.04. The molecule has 0 unspecified atom stereocenters. The molecular weight excluding hydrogens is 334 g/mol. The smallest absolute Gasteiger partial charge is 0.258 e. The second-order valence-electron chi connectivity index (χ2n) is 5.53. The number of nitrogens with zero attached hydrogens (tertiary/aromatic N) is 1. The fourth-order valence-corrected chi connectivity index (χ4v) is 2.62. The average molecular weight is 352 g/mol. The summed E-state index contributed by atoms with van der Waals surface area (Å²) in [6.45, 7) is 0.816. The van der Waals surface area contributed by atoms with E-state index in [1.165, 1.54) is 5.56 Å². The molecular formula is C20H18ClN3O. The normalized spacial score (nSPS) is 10.3. The largest absolute Gasteiger partial charge is 0.383 e. The first kappa shape index (κ1) is 17.0. The van der Waals surface area contributed by atoms with Gasteiger partial charge in [-0.05, 0) is 36.2 Å². The standard InChI is InChI=1S/C20H18ClN3O/c21-18-9-5-4-8-17(18)20(25)24-19-11-10-16(14-23-19)22-13-12-15-6-2-1-3-7-15/h1-11,14,22H,12-13H2,(H,23,24,25). The second kappa shape index (κ2) is 8.31. The molecule has 0 radical (unpaired) electrons. The maximum atomic E-state index is 12.2. The van der Waals surface area contributed by atoms with E-state index in [-0.39, 0.29) is 5.91 Å². The van der Waals surface area contributed by atoms with Gasteiger partial charge in [-0.2, -0.15) is 0 Å². The van der Waals surface area contributed by atoms with E-state index in [4.69, 9.17) is 11.6 Å². The molecule has 0 atom stereocenters. The molecule has 0 bridgehead atoms. The summed E-state index contributed by atoms with van der Waals surface area (Å²) in [6.07, 6.45) is 2.64. The zero-order valence-corrected chi connectivity index (χ0v) is 14.3. The molecule has 1 heterocycles. The molecule has 25 heavy (non-hydrogen) atoms. The van der Waals surface area contributed by atoms with Crippen LogP contribution < -0.4 is 10.6 Å². The molecule has 0 aliphatic heterocycles. The van der Waals surface area contributed by atoms with Crippen LogP contribution in [0, 0.1) is 0 Å². The molecule has 1 amide bonds. The van der Waals surface area contributed by atoms with E-state index < -0.39 is 0 Å². The van der Waals surface area contributed by atoms with Crippen LogP contribution in [0.25, 0.3) is 0 Å². The van der Waals surface area contributed by atoms with Gasteiger partial charge in [-0.1, -0.05) is 54.1 Å². The first-order valence-electron chi connectivity index (χ1n) is 8.02. The summed E-state index contributed by atoms with van der Waals surface area (Å²) in [5.74, 6) is 0.210. The van der Waals surface area contributed by atoms with Crippen LogP contribution in [0.3, 0.4) is 0 Å². The highest BCUT2D eigenvalue weighted by Gasteiger charge is 2.10. The predicted octanol–water partition coefficient (Wildman–Crippen LogP) is 4.64. The molecule has 4 nitrogen and oxygen atoms in total. The van der Waals surface area contributed by atoms with Crippen molar-refractivity contribution >= 4 is 29.0 Å². The summed E-state index contributed by atoms with van der Waals surface area (Å²) < 4.78 is 0. The number of hydrogen-bond donors (Lipinski definition) is 2. The molecule has 0 saturated carbocycles. The monoisotopic (exact) mass is 351 g/mol. The Hall–Kier alpha value is -2.85. The summed E-state index contributed by atoms with van der Waals surface area (Å²) in [7, 11) is 0. The van der Waals surface area contributed by atoms with E-state index >= 15 is 0 Å². The van der Waals surface area contributed by atoms with Crippen LogP contribution in [0.15, 0.2) is 72.9 Å². The highest BCUT2D eigenvalue weighted by atomic mass is 35.5. The van der Waals surface area contributed by atoms with E-state index in [1.54, 1.807) is 36.5 Å². The molecule has 0 aliphatic carbocycles. The van der Waals surface area contributed by atoms with E-state index in [0.29, 0.717) is 16.4 Å². The SMILES string of the molecule is O=C(Nc1ccc(NCCc2ccccc2)cn1)c1ccccc1Cl. The summed E-state index contributed by atoms with van der Waals surface area (Å²) in [5, 5.41) is 6.48. The van der Waals surface area contributed by atoms with Crippen LogP contribution in [0.4, 0.5) is 11.5 Å². The summed E-state index contributed by atoms with van der Waals surface area (Å²) in [6, 6.07) is 20.9. The maximum absolute atomic E-state index is 12.2. The Bertz CT molecular complexity index is 835. The third kappa shape index (κ3) is 4.81. The average Bonchev–Trinajstić information content (AvgIpc) is 2.64. The minimum absolute atomic E-state index is 0.275. The van der Waals surface area contributed by atoms with E-state index in [2.05, 4.69) is 27.8 Å². The molecule has 2 N–H and O–H groups in total. The molecule has 0 aliphatic rings. The highest BCUT2D eigenvalue weighted by Crippen LogP contribution is 2.17. The van der Waals surface area contributed by atoms with Crippen molar-refractivity contribution in [3.63, 3.8) is 0 Å². The maximum Gasteiger partial charge on any atom is 0.258 e. The van der Waals surface area contributed by atoms with Gasteiger partial charge in [-0.25, -0.2) is 4.98 Å². The number of hydrogen-bond acceptors (Lipinski definition) is 3. The van der Waals surface area contributed by atoms with Gasteiger partial charge in [0.15, 0.2) is 0 Å². The number of nitrogens with one attached hydrogen (secondary N) is 2. The van der Waals surface area contributed by atoms with E-state index in [1.807, 2.05) is 24.3 Å². The number of halogens is 1. The first-order valence-corrected chi connectivity index (χ1v) is 8.40. The second-order valence-corrected chi connectivity index (χ2v) is 5.94. The molecule has 5 heteroatoms. The lowest BCUT2D eigenvalue weighted by Gasteiger charge is -2.08. The molecule has 0 fully saturated rings. The Morgan fingerprint density at radius 3 is 2.44 bits per heavy atom. The zero-order chi connectivity index (χ0) is 17.5. The van der Waals surface area contributed by atoms with Gasteiger partial charge >= 0.3 is 0 Å². The van der Waals surface area contributed by atoms with Gasteiger partial charge in [0.25, 0.3) is 5.91 Å².